The molecule has 1 heterocycles. The van der Waals surface area contributed by atoms with E-state index in [0.29, 0.717) is 16.8 Å². The Bertz CT molecular complexity index is 1320. The van der Waals surface area contributed by atoms with Crippen LogP contribution in [-0.4, -0.2) is 78.9 Å². The summed E-state index contributed by atoms with van der Waals surface area (Å²) in [5, 5.41) is 36.4. The number of carbonyl (C=O) groups excluding carboxylic acids is 3. The predicted molar refractivity (Wildman–Crippen MR) is 151 cm³/mol. The number of nitrogens with two attached hydrogens (primary N) is 1. The summed E-state index contributed by atoms with van der Waals surface area (Å²) in [5.74, 6) is -3.52. The number of nitrogens with zero attached hydrogens (tertiary/aromatic N) is 1. The molecule has 0 aliphatic carbocycles. The van der Waals surface area contributed by atoms with E-state index in [0.717, 1.165) is 0 Å². The molecule has 0 saturated carbocycles. The summed E-state index contributed by atoms with van der Waals surface area (Å²) in [6.45, 7) is 0. The molecule has 0 aliphatic heterocycles. The van der Waals surface area contributed by atoms with Gasteiger partial charge in [0.15, 0.2) is 0 Å². The number of carboxylic acids is 1. The largest absolute Gasteiger partial charge is 0.508 e. The van der Waals surface area contributed by atoms with Crippen LogP contribution in [0.2, 0.25) is 0 Å². The van der Waals surface area contributed by atoms with Crippen molar-refractivity contribution in [2.45, 2.75) is 43.4 Å². The standard InChI is InChI=1S/C27H32N6O7S/c28-20(11-17-12-29-14-30-17)24(36)33-23(13-41)26(38)31-21(9-15-1-5-18(34)6-2-15)25(37)32-22(27(39)40)10-16-3-7-19(35)8-4-16/h1-8,12,14,20-23,34-35,41H,9-11,13,28H2,(H,29,30)(H,31,38)(H,32,37)(H,33,36)(H,39,40). The molecule has 14 heteroatoms. The second-order valence-electron chi connectivity index (χ2n) is 9.33. The van der Waals surface area contributed by atoms with Crippen LogP contribution in [0.1, 0.15) is 16.8 Å². The topological polar surface area (TPSA) is 220 Å². The molecule has 4 unspecified atom stereocenters. The normalized spacial score (nSPS) is 13.8. The van der Waals surface area contributed by atoms with E-state index < -0.39 is 47.9 Å². The first-order valence-corrected chi connectivity index (χ1v) is 13.2. The minimum atomic E-state index is -1.34. The fourth-order valence-corrected chi connectivity index (χ4v) is 4.15. The highest BCUT2D eigenvalue weighted by Gasteiger charge is 2.30. The van der Waals surface area contributed by atoms with Gasteiger partial charge in [0.1, 0.15) is 29.6 Å². The Kier molecular flexibility index (Phi) is 11.1. The van der Waals surface area contributed by atoms with Gasteiger partial charge in [0.25, 0.3) is 0 Å². The van der Waals surface area contributed by atoms with Gasteiger partial charge in [0.2, 0.25) is 17.7 Å². The number of aromatic nitrogens is 2. The number of phenols is 2. The molecule has 13 nitrogen and oxygen atoms in total. The van der Waals surface area contributed by atoms with Gasteiger partial charge in [0.05, 0.1) is 12.4 Å². The first kappa shape index (κ1) is 31.0. The summed E-state index contributed by atoms with van der Waals surface area (Å²) in [5.41, 5.74) is 7.72. The Morgan fingerprint density at radius 1 is 0.780 bits per heavy atom. The van der Waals surface area contributed by atoms with Crippen molar-refractivity contribution in [1.82, 2.24) is 25.9 Å². The number of nitrogens with one attached hydrogen (secondary N) is 4. The molecular weight excluding hydrogens is 552 g/mol. The van der Waals surface area contributed by atoms with Crippen molar-refractivity contribution >= 4 is 36.3 Å². The van der Waals surface area contributed by atoms with Crippen molar-refractivity contribution in [3.8, 4) is 11.5 Å². The van der Waals surface area contributed by atoms with Gasteiger partial charge in [-0.3, -0.25) is 14.4 Å². The Morgan fingerprint density at radius 2 is 1.27 bits per heavy atom. The molecule has 3 amide bonds. The van der Waals surface area contributed by atoms with Gasteiger partial charge in [-0.1, -0.05) is 24.3 Å². The number of amides is 3. The summed E-state index contributed by atoms with van der Waals surface area (Å²) in [6.07, 6.45) is 2.99. The highest BCUT2D eigenvalue weighted by Crippen LogP contribution is 2.14. The van der Waals surface area contributed by atoms with Crippen molar-refractivity contribution in [3.63, 3.8) is 0 Å². The van der Waals surface area contributed by atoms with Gasteiger partial charge >= 0.3 is 5.97 Å². The first-order chi connectivity index (χ1) is 19.5. The number of phenolic OH excluding ortho intramolecular Hbond substituents is 2. The number of hydrogen-bond acceptors (Lipinski definition) is 9. The van der Waals surface area contributed by atoms with Crippen LogP contribution in [-0.2, 0) is 38.4 Å². The SMILES string of the molecule is NC(Cc1cnc[nH]1)C(=O)NC(CS)C(=O)NC(Cc1ccc(O)cc1)C(=O)NC(Cc1ccc(O)cc1)C(=O)O. The van der Waals surface area contributed by atoms with Crippen LogP contribution in [0.4, 0.5) is 0 Å². The highest BCUT2D eigenvalue weighted by atomic mass is 32.1. The lowest BCUT2D eigenvalue weighted by Gasteiger charge is -2.25. The molecule has 0 bridgehead atoms. The van der Waals surface area contributed by atoms with Crippen molar-refractivity contribution in [2.24, 2.45) is 5.73 Å². The number of benzene rings is 2. The van der Waals surface area contributed by atoms with Gasteiger partial charge in [-0.15, -0.1) is 0 Å². The predicted octanol–water partition coefficient (Wildman–Crippen LogP) is -0.355. The third-order valence-electron chi connectivity index (χ3n) is 6.15. The summed E-state index contributed by atoms with van der Waals surface area (Å²) < 4.78 is 0. The zero-order valence-corrected chi connectivity index (χ0v) is 22.8. The molecule has 0 radical (unpaired) electrons. The number of imidazole rings is 1. The molecule has 41 heavy (non-hydrogen) atoms. The minimum Gasteiger partial charge on any atom is -0.508 e. The van der Waals surface area contributed by atoms with E-state index in [2.05, 4.69) is 38.5 Å². The summed E-state index contributed by atoms with van der Waals surface area (Å²) in [7, 11) is 0. The van der Waals surface area contributed by atoms with E-state index in [9.17, 15) is 34.5 Å². The van der Waals surface area contributed by atoms with Crippen molar-refractivity contribution in [2.75, 3.05) is 5.75 Å². The number of rotatable bonds is 14. The molecule has 2 aromatic carbocycles. The molecule has 3 rings (SSSR count). The molecule has 3 aromatic rings. The summed E-state index contributed by atoms with van der Waals surface area (Å²) >= 11 is 4.16. The van der Waals surface area contributed by atoms with Crippen LogP contribution in [0.15, 0.2) is 61.1 Å². The van der Waals surface area contributed by atoms with Crippen LogP contribution in [0.3, 0.4) is 0 Å². The van der Waals surface area contributed by atoms with Crippen LogP contribution in [0.25, 0.3) is 0 Å². The molecule has 218 valence electrons. The van der Waals surface area contributed by atoms with E-state index in [1.54, 1.807) is 12.1 Å². The number of carboxylic acid groups (broad SMARTS) is 1. The van der Waals surface area contributed by atoms with Gasteiger partial charge in [-0.2, -0.15) is 12.6 Å². The lowest BCUT2D eigenvalue weighted by Crippen LogP contribution is -2.58. The molecule has 9 N–H and O–H groups in total. The number of carbonyl (C=O) groups is 4. The molecular formula is C27H32N6O7S. The Morgan fingerprint density at radius 3 is 1.76 bits per heavy atom. The van der Waals surface area contributed by atoms with Gasteiger partial charge in [0, 0.05) is 36.9 Å². The fourth-order valence-electron chi connectivity index (χ4n) is 3.89. The average Bonchev–Trinajstić information content (AvgIpc) is 3.46. The van der Waals surface area contributed by atoms with Gasteiger partial charge in [-0.05, 0) is 35.4 Å². The van der Waals surface area contributed by atoms with Crippen molar-refractivity contribution in [3.05, 3.63) is 77.9 Å². The Labute approximate surface area is 241 Å². The van der Waals surface area contributed by atoms with Crippen LogP contribution >= 0.6 is 12.6 Å². The zero-order chi connectivity index (χ0) is 29.9. The van der Waals surface area contributed by atoms with E-state index in [4.69, 9.17) is 5.73 Å². The number of aromatic hydroxyl groups is 2. The first-order valence-electron chi connectivity index (χ1n) is 12.6. The molecule has 0 fully saturated rings. The van der Waals surface area contributed by atoms with Crippen LogP contribution in [0.5, 0.6) is 11.5 Å². The van der Waals surface area contributed by atoms with Crippen molar-refractivity contribution in [1.29, 1.82) is 0 Å². The van der Waals surface area contributed by atoms with Crippen LogP contribution < -0.4 is 21.7 Å². The Balaban J connectivity index is 1.73. The lowest BCUT2D eigenvalue weighted by atomic mass is 10.0. The smallest absolute Gasteiger partial charge is 0.326 e. The molecule has 0 saturated heterocycles. The van der Waals surface area contributed by atoms with E-state index in [1.807, 2.05) is 0 Å². The fraction of sp³-hybridized carbons (Fsp3) is 0.296. The lowest BCUT2D eigenvalue weighted by molar-refractivity contribution is -0.142. The zero-order valence-electron chi connectivity index (χ0n) is 21.9. The quantitative estimate of drug-likeness (QED) is 0.113. The van der Waals surface area contributed by atoms with E-state index in [-0.39, 0.29) is 36.5 Å². The highest BCUT2D eigenvalue weighted by molar-refractivity contribution is 7.80. The number of aromatic amines is 1. The number of thiol groups is 1. The van der Waals surface area contributed by atoms with Crippen LogP contribution in [0, 0.1) is 0 Å². The summed E-state index contributed by atoms with van der Waals surface area (Å²) in [6, 6.07) is 7.07. The molecule has 1 aromatic heterocycles. The van der Waals surface area contributed by atoms with E-state index >= 15 is 0 Å². The third-order valence-corrected chi connectivity index (χ3v) is 6.51. The maximum absolute atomic E-state index is 13.3. The molecule has 0 spiro atoms. The number of aliphatic carboxylic acids is 1. The van der Waals surface area contributed by atoms with Crippen molar-refractivity contribution < 1.29 is 34.5 Å². The van der Waals surface area contributed by atoms with Gasteiger partial charge < -0.3 is 42.0 Å². The summed E-state index contributed by atoms with van der Waals surface area (Å²) in [4.78, 5) is 57.8. The van der Waals surface area contributed by atoms with E-state index in [1.165, 1.54) is 48.9 Å². The maximum atomic E-state index is 13.3. The second-order valence-corrected chi connectivity index (χ2v) is 9.70. The Hall–Kier alpha value is -4.56. The average molecular weight is 585 g/mol. The number of hydrogen-bond donors (Lipinski definition) is 9. The monoisotopic (exact) mass is 584 g/mol. The minimum absolute atomic E-state index is 0.00273. The third kappa shape index (κ3) is 9.54. The number of H-pyrrole nitrogens is 1. The molecule has 0 aliphatic rings. The molecule has 4 atom stereocenters. The maximum Gasteiger partial charge on any atom is 0.326 e. The van der Waals surface area contributed by atoms with Gasteiger partial charge in [-0.25, -0.2) is 9.78 Å². The second kappa shape index (κ2) is 14.7.